The van der Waals surface area contributed by atoms with Crippen LogP contribution in [0.3, 0.4) is 0 Å². The fourth-order valence-corrected chi connectivity index (χ4v) is 4.27. The molecule has 1 saturated heterocycles. The van der Waals surface area contributed by atoms with Crippen LogP contribution >= 0.6 is 11.9 Å². The Labute approximate surface area is 175 Å². The van der Waals surface area contributed by atoms with Gasteiger partial charge in [0.1, 0.15) is 0 Å². The SMILES string of the molecule is C=NSc1ccccc1CN1CCN(CCn2ccc3ncccc3c2=O)CC1. The van der Waals surface area contributed by atoms with Gasteiger partial charge in [-0.15, -0.1) is 0 Å². The van der Waals surface area contributed by atoms with Crippen LogP contribution in [0.1, 0.15) is 5.56 Å². The average molecular weight is 408 g/mol. The maximum Gasteiger partial charge on any atom is 0.260 e. The van der Waals surface area contributed by atoms with Crippen molar-refractivity contribution in [1.82, 2.24) is 19.4 Å². The first kappa shape index (κ1) is 19.8. The Balaban J connectivity index is 1.31. The molecule has 0 amide bonds. The molecule has 0 bridgehead atoms. The predicted molar refractivity (Wildman–Crippen MR) is 120 cm³/mol. The van der Waals surface area contributed by atoms with Gasteiger partial charge in [0.15, 0.2) is 0 Å². The van der Waals surface area contributed by atoms with Gasteiger partial charge >= 0.3 is 0 Å². The molecular weight excluding hydrogens is 382 g/mol. The highest BCUT2D eigenvalue weighted by atomic mass is 32.2. The van der Waals surface area contributed by atoms with Gasteiger partial charge in [0.2, 0.25) is 0 Å². The Bertz CT molecular complexity index is 1040. The van der Waals surface area contributed by atoms with Crippen molar-refractivity contribution in [2.45, 2.75) is 18.0 Å². The van der Waals surface area contributed by atoms with E-state index >= 15 is 0 Å². The van der Waals surface area contributed by atoms with Gasteiger partial charge in [-0.05, 0) is 36.5 Å². The molecule has 0 radical (unpaired) electrons. The summed E-state index contributed by atoms with van der Waals surface area (Å²) in [5.74, 6) is 0. The van der Waals surface area contributed by atoms with Gasteiger partial charge < -0.3 is 4.57 Å². The number of aromatic nitrogens is 2. The molecule has 2 aromatic heterocycles. The van der Waals surface area contributed by atoms with Crippen LogP contribution in [0.25, 0.3) is 10.9 Å². The lowest BCUT2D eigenvalue weighted by Gasteiger charge is -2.35. The Morgan fingerprint density at radius 3 is 2.62 bits per heavy atom. The number of pyridine rings is 2. The maximum absolute atomic E-state index is 12.6. The molecule has 0 aliphatic carbocycles. The molecule has 0 unspecified atom stereocenters. The van der Waals surface area contributed by atoms with Crippen molar-refractivity contribution in [3.05, 3.63) is 70.8 Å². The third-order valence-electron chi connectivity index (χ3n) is 5.39. The van der Waals surface area contributed by atoms with Crippen molar-refractivity contribution >= 4 is 29.6 Å². The molecule has 0 N–H and O–H groups in total. The predicted octanol–water partition coefficient (Wildman–Crippen LogP) is 2.92. The molecule has 4 rings (SSSR count). The summed E-state index contributed by atoms with van der Waals surface area (Å²) in [4.78, 5) is 23.0. The zero-order chi connectivity index (χ0) is 20.1. The van der Waals surface area contributed by atoms with Crippen LogP contribution in [0.4, 0.5) is 0 Å². The molecule has 0 spiro atoms. The number of fused-ring (bicyclic) bond motifs is 1. The van der Waals surface area contributed by atoms with Crippen molar-refractivity contribution in [2.75, 3.05) is 32.7 Å². The second-order valence-electron chi connectivity index (χ2n) is 7.20. The summed E-state index contributed by atoms with van der Waals surface area (Å²) in [6.45, 7) is 10.2. The molecule has 150 valence electrons. The van der Waals surface area contributed by atoms with Crippen molar-refractivity contribution < 1.29 is 0 Å². The van der Waals surface area contributed by atoms with Crippen LogP contribution in [0.2, 0.25) is 0 Å². The van der Waals surface area contributed by atoms with Crippen molar-refractivity contribution in [3.63, 3.8) is 0 Å². The quantitative estimate of drug-likeness (QED) is 0.445. The van der Waals surface area contributed by atoms with E-state index in [1.165, 1.54) is 22.4 Å². The summed E-state index contributed by atoms with van der Waals surface area (Å²) >= 11 is 1.44. The third kappa shape index (κ3) is 4.75. The van der Waals surface area contributed by atoms with E-state index in [1.54, 1.807) is 10.8 Å². The molecule has 3 heterocycles. The number of hydrogen-bond acceptors (Lipinski definition) is 6. The number of nitrogens with zero attached hydrogens (tertiary/aromatic N) is 5. The van der Waals surface area contributed by atoms with Gasteiger partial charge in [0.05, 0.1) is 10.9 Å². The van der Waals surface area contributed by atoms with Crippen LogP contribution < -0.4 is 5.56 Å². The third-order valence-corrected chi connectivity index (χ3v) is 6.12. The highest BCUT2D eigenvalue weighted by molar-refractivity contribution is 7.98. The van der Waals surface area contributed by atoms with E-state index in [4.69, 9.17) is 0 Å². The molecule has 6 nitrogen and oxygen atoms in total. The Morgan fingerprint density at radius 2 is 1.79 bits per heavy atom. The van der Waals surface area contributed by atoms with Crippen molar-refractivity contribution in [3.8, 4) is 0 Å². The lowest BCUT2D eigenvalue weighted by atomic mass is 10.2. The monoisotopic (exact) mass is 407 g/mol. The lowest BCUT2D eigenvalue weighted by molar-refractivity contribution is 0.123. The topological polar surface area (TPSA) is 53.7 Å². The molecule has 1 aromatic carbocycles. The summed E-state index contributed by atoms with van der Waals surface area (Å²) in [7, 11) is 0. The van der Waals surface area contributed by atoms with E-state index in [1.807, 2.05) is 30.5 Å². The molecule has 3 aromatic rings. The molecule has 0 saturated carbocycles. The van der Waals surface area contributed by atoms with Gasteiger partial charge in [0, 0.05) is 75.1 Å². The van der Waals surface area contributed by atoms with Crippen molar-refractivity contribution in [2.24, 2.45) is 4.40 Å². The van der Waals surface area contributed by atoms with E-state index in [0.29, 0.717) is 11.9 Å². The van der Waals surface area contributed by atoms with Gasteiger partial charge in [0.25, 0.3) is 5.56 Å². The highest BCUT2D eigenvalue weighted by Crippen LogP contribution is 2.24. The van der Waals surface area contributed by atoms with E-state index in [0.717, 1.165) is 44.8 Å². The minimum absolute atomic E-state index is 0.0409. The second kappa shape index (κ2) is 9.35. The van der Waals surface area contributed by atoms with Gasteiger partial charge in [-0.3, -0.25) is 19.6 Å². The lowest BCUT2D eigenvalue weighted by Crippen LogP contribution is -2.47. The minimum Gasteiger partial charge on any atom is -0.314 e. The van der Waals surface area contributed by atoms with Gasteiger partial charge in [-0.2, -0.15) is 0 Å². The molecule has 0 atom stereocenters. The Hall–Kier alpha value is -2.48. The number of rotatable bonds is 7. The van der Waals surface area contributed by atoms with Crippen LogP contribution in [-0.4, -0.2) is 58.8 Å². The zero-order valence-electron chi connectivity index (χ0n) is 16.4. The number of benzene rings is 1. The second-order valence-corrected chi connectivity index (χ2v) is 8.08. The standard InChI is InChI=1S/C22H25N5OS/c1-23-29-21-7-3-2-5-18(21)17-26-13-11-25(12-14-26)15-16-27-10-8-20-19(22(27)28)6-4-9-24-20/h2-10H,1,11-17H2. The van der Waals surface area contributed by atoms with E-state index in [-0.39, 0.29) is 5.56 Å². The Morgan fingerprint density at radius 1 is 1.00 bits per heavy atom. The first-order chi connectivity index (χ1) is 14.2. The first-order valence-electron chi connectivity index (χ1n) is 9.84. The van der Waals surface area contributed by atoms with Gasteiger partial charge in [-0.1, -0.05) is 18.2 Å². The molecule has 1 aliphatic rings. The summed E-state index contributed by atoms with van der Waals surface area (Å²) in [6.07, 6.45) is 3.58. The molecule has 7 heteroatoms. The summed E-state index contributed by atoms with van der Waals surface area (Å²) in [6, 6.07) is 14.0. The summed E-state index contributed by atoms with van der Waals surface area (Å²) in [5.41, 5.74) is 2.10. The minimum atomic E-state index is 0.0409. The normalized spacial score (nSPS) is 15.6. The summed E-state index contributed by atoms with van der Waals surface area (Å²) in [5, 5.41) is 0.686. The van der Waals surface area contributed by atoms with Gasteiger partial charge in [-0.25, -0.2) is 4.40 Å². The van der Waals surface area contributed by atoms with Crippen LogP contribution in [0, 0.1) is 0 Å². The first-order valence-corrected chi connectivity index (χ1v) is 10.6. The largest absolute Gasteiger partial charge is 0.314 e. The van der Waals surface area contributed by atoms with E-state index < -0.39 is 0 Å². The van der Waals surface area contributed by atoms with E-state index in [9.17, 15) is 4.79 Å². The van der Waals surface area contributed by atoms with E-state index in [2.05, 4.69) is 44.1 Å². The molecule has 29 heavy (non-hydrogen) atoms. The molecule has 1 aliphatic heterocycles. The maximum atomic E-state index is 12.6. The van der Waals surface area contributed by atoms with Crippen LogP contribution in [-0.2, 0) is 13.1 Å². The fourth-order valence-electron chi connectivity index (χ4n) is 3.74. The number of hydrogen-bond donors (Lipinski definition) is 0. The number of piperazine rings is 1. The van der Waals surface area contributed by atoms with Crippen LogP contribution in [0.5, 0.6) is 0 Å². The van der Waals surface area contributed by atoms with Crippen molar-refractivity contribution in [1.29, 1.82) is 0 Å². The fraction of sp³-hybridized carbons (Fsp3) is 0.318. The molecule has 1 fully saturated rings. The van der Waals surface area contributed by atoms with Crippen LogP contribution in [0.15, 0.2) is 68.9 Å². The summed E-state index contributed by atoms with van der Waals surface area (Å²) < 4.78 is 5.76. The highest BCUT2D eigenvalue weighted by Gasteiger charge is 2.18. The smallest absolute Gasteiger partial charge is 0.260 e. The zero-order valence-corrected chi connectivity index (χ0v) is 17.2. The Kier molecular flexibility index (Phi) is 6.39. The average Bonchev–Trinajstić information content (AvgIpc) is 2.76. The molecular formula is C22H25N5OS.